The van der Waals surface area contributed by atoms with E-state index in [0.29, 0.717) is 23.0 Å². The summed E-state index contributed by atoms with van der Waals surface area (Å²) in [6, 6.07) is 16.4. The summed E-state index contributed by atoms with van der Waals surface area (Å²) in [6.45, 7) is 2.40. The van der Waals surface area contributed by atoms with Crippen LogP contribution < -0.4 is 14.8 Å². The summed E-state index contributed by atoms with van der Waals surface area (Å²) in [5, 5.41) is 2.31. The normalized spacial score (nSPS) is 14.8. The van der Waals surface area contributed by atoms with Crippen LogP contribution in [0.3, 0.4) is 0 Å². The highest BCUT2D eigenvalue weighted by Crippen LogP contribution is 2.31. The largest absolute Gasteiger partial charge is 0.490 e. The first-order valence-corrected chi connectivity index (χ1v) is 10.3. The zero-order chi connectivity index (χ0) is 21.3. The van der Waals surface area contributed by atoms with Gasteiger partial charge in [-0.25, -0.2) is 0 Å². The van der Waals surface area contributed by atoms with E-state index in [1.165, 1.54) is 0 Å². The van der Waals surface area contributed by atoms with Crippen molar-refractivity contribution in [1.29, 1.82) is 0 Å². The van der Waals surface area contributed by atoms with Crippen molar-refractivity contribution in [2.75, 3.05) is 26.3 Å². The Morgan fingerprint density at radius 2 is 1.70 bits per heavy atom. The van der Waals surface area contributed by atoms with Gasteiger partial charge in [0.2, 0.25) is 0 Å². The third-order valence-corrected chi connectivity index (χ3v) is 5.04. The van der Waals surface area contributed by atoms with Crippen LogP contribution in [0.5, 0.6) is 11.5 Å². The first kappa shape index (κ1) is 21.4. The van der Waals surface area contributed by atoms with Gasteiger partial charge in [0.05, 0.1) is 11.5 Å². The molecule has 156 valence electrons. The van der Waals surface area contributed by atoms with Crippen molar-refractivity contribution in [3.63, 3.8) is 0 Å². The van der Waals surface area contributed by atoms with E-state index >= 15 is 0 Å². The van der Waals surface area contributed by atoms with Gasteiger partial charge in [0.1, 0.15) is 0 Å². The van der Waals surface area contributed by atoms with E-state index < -0.39 is 0 Å². The van der Waals surface area contributed by atoms with E-state index in [2.05, 4.69) is 5.32 Å². The Kier molecular flexibility index (Phi) is 7.51. The van der Waals surface area contributed by atoms with Gasteiger partial charge in [0.15, 0.2) is 18.1 Å². The van der Waals surface area contributed by atoms with Gasteiger partial charge in [-0.15, -0.1) is 0 Å². The van der Waals surface area contributed by atoms with E-state index in [9.17, 15) is 14.4 Å². The van der Waals surface area contributed by atoms with E-state index in [-0.39, 0.29) is 36.7 Å². The van der Waals surface area contributed by atoms with Crippen molar-refractivity contribution in [2.45, 2.75) is 6.92 Å². The zero-order valence-corrected chi connectivity index (χ0v) is 17.3. The van der Waals surface area contributed by atoms with Crippen LogP contribution in [0.25, 0.3) is 6.08 Å². The lowest BCUT2D eigenvalue weighted by Crippen LogP contribution is -2.38. The fourth-order valence-corrected chi connectivity index (χ4v) is 3.60. The molecule has 1 N–H and O–H groups in total. The third kappa shape index (κ3) is 5.64. The molecule has 2 aromatic carbocycles. The fourth-order valence-electron chi connectivity index (χ4n) is 2.74. The number of hydrogen-bond donors (Lipinski definition) is 1. The SMILES string of the molecule is CCOc1ccccc1OCC(=O)NCCN1C(=O)S/C(=C\c2ccccc2)C1=O. The van der Waals surface area contributed by atoms with Crippen LogP contribution in [0.2, 0.25) is 0 Å². The molecule has 2 aromatic rings. The number of imide groups is 1. The molecule has 0 bridgehead atoms. The molecule has 1 heterocycles. The second kappa shape index (κ2) is 10.5. The highest BCUT2D eigenvalue weighted by atomic mass is 32.2. The average molecular weight is 426 g/mol. The van der Waals surface area contributed by atoms with Crippen LogP contribution in [0.1, 0.15) is 12.5 Å². The number of thioether (sulfide) groups is 1. The molecule has 1 saturated heterocycles. The molecular formula is C22H22N2O5S. The molecule has 0 aliphatic carbocycles. The van der Waals surface area contributed by atoms with Crippen molar-refractivity contribution in [3.8, 4) is 11.5 Å². The minimum atomic E-state index is -0.356. The van der Waals surface area contributed by atoms with E-state index in [1.807, 2.05) is 43.3 Å². The molecule has 0 unspecified atom stereocenters. The maximum Gasteiger partial charge on any atom is 0.293 e. The summed E-state index contributed by atoms with van der Waals surface area (Å²) in [5.41, 5.74) is 0.848. The van der Waals surface area contributed by atoms with Crippen molar-refractivity contribution in [3.05, 3.63) is 65.1 Å². The molecule has 7 nitrogen and oxygen atoms in total. The standard InChI is InChI=1S/C22H22N2O5S/c1-2-28-17-10-6-7-11-18(17)29-15-20(25)23-12-13-24-21(26)19(30-22(24)27)14-16-8-4-3-5-9-16/h3-11,14H,2,12-13,15H2,1H3,(H,23,25)/b19-14-. The molecular weight excluding hydrogens is 404 g/mol. The summed E-state index contributed by atoms with van der Waals surface area (Å²) >= 11 is 0.896. The minimum Gasteiger partial charge on any atom is -0.490 e. The van der Waals surface area contributed by atoms with Gasteiger partial charge in [-0.1, -0.05) is 42.5 Å². The second-order valence-corrected chi connectivity index (χ2v) is 7.26. The number of hydrogen-bond acceptors (Lipinski definition) is 6. The highest BCUT2D eigenvalue weighted by molar-refractivity contribution is 8.18. The lowest BCUT2D eigenvalue weighted by molar-refractivity contribution is -0.125. The average Bonchev–Trinajstić information content (AvgIpc) is 3.01. The van der Waals surface area contributed by atoms with E-state index in [4.69, 9.17) is 9.47 Å². The molecule has 0 atom stereocenters. The Morgan fingerprint density at radius 1 is 1.03 bits per heavy atom. The van der Waals surface area contributed by atoms with Crippen molar-refractivity contribution < 1.29 is 23.9 Å². The molecule has 3 rings (SSSR count). The molecule has 3 amide bonds. The Morgan fingerprint density at radius 3 is 2.40 bits per heavy atom. The van der Waals surface area contributed by atoms with E-state index in [0.717, 1.165) is 22.2 Å². The molecule has 1 aliphatic rings. The minimum absolute atomic E-state index is 0.0953. The van der Waals surface area contributed by atoms with Crippen LogP contribution >= 0.6 is 11.8 Å². The Bertz CT molecular complexity index is 946. The number of carbonyl (C=O) groups excluding carboxylic acids is 3. The second-order valence-electron chi connectivity index (χ2n) is 6.26. The zero-order valence-electron chi connectivity index (χ0n) is 16.5. The maximum absolute atomic E-state index is 12.5. The quantitative estimate of drug-likeness (QED) is 0.619. The summed E-state index contributed by atoms with van der Waals surface area (Å²) in [6.07, 6.45) is 1.69. The number of amides is 3. The number of benzene rings is 2. The van der Waals surface area contributed by atoms with Gasteiger partial charge in [-0.2, -0.15) is 0 Å². The monoisotopic (exact) mass is 426 g/mol. The van der Waals surface area contributed by atoms with Crippen molar-refractivity contribution in [1.82, 2.24) is 10.2 Å². The summed E-state index contributed by atoms with van der Waals surface area (Å²) in [7, 11) is 0. The van der Waals surface area contributed by atoms with Crippen LogP contribution in [0.15, 0.2) is 59.5 Å². The summed E-state index contributed by atoms with van der Waals surface area (Å²) < 4.78 is 11.0. The number of carbonyl (C=O) groups is 3. The van der Waals surface area contributed by atoms with Crippen molar-refractivity contribution >= 4 is 34.9 Å². The van der Waals surface area contributed by atoms with Gasteiger partial charge in [0.25, 0.3) is 17.1 Å². The molecule has 1 fully saturated rings. The van der Waals surface area contributed by atoms with Gasteiger partial charge in [0, 0.05) is 13.1 Å². The predicted octanol–water partition coefficient (Wildman–Crippen LogP) is 3.32. The number of nitrogens with zero attached hydrogens (tertiary/aromatic N) is 1. The third-order valence-electron chi connectivity index (χ3n) is 4.14. The molecule has 0 saturated carbocycles. The van der Waals surface area contributed by atoms with Crippen LogP contribution in [0.4, 0.5) is 4.79 Å². The van der Waals surface area contributed by atoms with Crippen LogP contribution in [-0.4, -0.2) is 48.3 Å². The molecule has 0 aromatic heterocycles. The Hall–Kier alpha value is -3.26. The summed E-state index contributed by atoms with van der Waals surface area (Å²) in [5.74, 6) is 0.334. The van der Waals surface area contributed by atoms with Gasteiger partial charge in [-0.3, -0.25) is 19.3 Å². The number of ether oxygens (including phenoxy) is 2. The Labute approximate surface area is 179 Å². The van der Waals surface area contributed by atoms with Crippen LogP contribution in [-0.2, 0) is 9.59 Å². The number of para-hydroxylation sites is 2. The molecule has 30 heavy (non-hydrogen) atoms. The smallest absolute Gasteiger partial charge is 0.293 e. The van der Waals surface area contributed by atoms with E-state index in [1.54, 1.807) is 24.3 Å². The van der Waals surface area contributed by atoms with Crippen LogP contribution in [0, 0.1) is 0 Å². The van der Waals surface area contributed by atoms with Gasteiger partial charge >= 0.3 is 0 Å². The highest BCUT2D eigenvalue weighted by Gasteiger charge is 2.34. The molecule has 1 aliphatic heterocycles. The van der Waals surface area contributed by atoms with Gasteiger partial charge in [-0.05, 0) is 42.5 Å². The summed E-state index contributed by atoms with van der Waals surface area (Å²) in [4.78, 5) is 38.2. The first-order valence-electron chi connectivity index (χ1n) is 9.50. The van der Waals surface area contributed by atoms with Gasteiger partial charge < -0.3 is 14.8 Å². The van der Waals surface area contributed by atoms with Crippen molar-refractivity contribution in [2.24, 2.45) is 0 Å². The molecule has 0 radical (unpaired) electrons. The fraction of sp³-hybridized carbons (Fsp3) is 0.227. The lowest BCUT2D eigenvalue weighted by atomic mass is 10.2. The molecule has 8 heteroatoms. The number of rotatable bonds is 9. The number of nitrogens with one attached hydrogen (secondary N) is 1. The first-order chi connectivity index (χ1) is 14.6. The Balaban J connectivity index is 1.47. The topological polar surface area (TPSA) is 84.9 Å². The lowest BCUT2D eigenvalue weighted by Gasteiger charge is -2.14. The molecule has 0 spiro atoms. The maximum atomic E-state index is 12.5. The predicted molar refractivity (Wildman–Crippen MR) is 115 cm³/mol.